The number of amides is 1. The van der Waals surface area contributed by atoms with Crippen molar-refractivity contribution in [2.24, 2.45) is 0 Å². The standard InChI is InChI=1S/C19H19FN6O2/c20-13-4-1-3-12(7-13)8-22-17-14-5-2-6-28-10-16(14)24-19(25-17)26-18(27)15-9-21-11-23-15/h1,3-4,7,9,11H,2,5-6,8,10H2,(H,21,23)(H2,22,24,25,26,27). The molecule has 0 spiro atoms. The predicted molar refractivity (Wildman–Crippen MR) is 100 cm³/mol. The predicted octanol–water partition coefficient (Wildman–Crippen LogP) is 2.67. The molecule has 1 aromatic carbocycles. The fraction of sp³-hybridized carbons (Fsp3) is 0.263. The summed E-state index contributed by atoms with van der Waals surface area (Å²) in [6.45, 7) is 1.38. The van der Waals surface area contributed by atoms with Crippen molar-refractivity contribution in [3.8, 4) is 0 Å². The second kappa shape index (κ2) is 8.13. The van der Waals surface area contributed by atoms with Gasteiger partial charge < -0.3 is 15.0 Å². The number of nitrogens with one attached hydrogen (secondary N) is 3. The molecule has 8 nitrogen and oxygen atoms in total. The van der Waals surface area contributed by atoms with E-state index in [0.29, 0.717) is 31.3 Å². The zero-order valence-electron chi connectivity index (χ0n) is 15.0. The van der Waals surface area contributed by atoms with Gasteiger partial charge >= 0.3 is 0 Å². The Morgan fingerprint density at radius 3 is 3.07 bits per heavy atom. The molecule has 0 atom stereocenters. The van der Waals surface area contributed by atoms with Crippen LogP contribution in [0.2, 0.25) is 0 Å². The Kier molecular flexibility index (Phi) is 5.24. The molecule has 9 heteroatoms. The number of H-pyrrole nitrogens is 1. The summed E-state index contributed by atoms with van der Waals surface area (Å²) in [5, 5.41) is 5.92. The van der Waals surface area contributed by atoms with E-state index >= 15 is 0 Å². The molecule has 0 aliphatic carbocycles. The van der Waals surface area contributed by atoms with Crippen LogP contribution in [0.15, 0.2) is 36.8 Å². The van der Waals surface area contributed by atoms with Crippen LogP contribution in [0.1, 0.15) is 33.7 Å². The molecule has 4 rings (SSSR count). The molecule has 3 heterocycles. The van der Waals surface area contributed by atoms with Gasteiger partial charge in [-0.25, -0.2) is 14.4 Å². The van der Waals surface area contributed by atoms with Crippen LogP contribution in [0.3, 0.4) is 0 Å². The molecule has 2 aromatic heterocycles. The van der Waals surface area contributed by atoms with E-state index in [-0.39, 0.29) is 17.7 Å². The van der Waals surface area contributed by atoms with E-state index in [1.807, 2.05) is 6.07 Å². The second-order valence-electron chi connectivity index (χ2n) is 6.38. The molecule has 1 aliphatic rings. The molecule has 0 saturated heterocycles. The normalized spacial score (nSPS) is 13.5. The van der Waals surface area contributed by atoms with Gasteiger partial charge in [0, 0.05) is 18.7 Å². The lowest BCUT2D eigenvalue weighted by Crippen LogP contribution is -2.17. The zero-order valence-corrected chi connectivity index (χ0v) is 15.0. The Bertz CT molecular complexity index is 977. The molecule has 1 amide bonds. The summed E-state index contributed by atoms with van der Waals surface area (Å²) in [5.41, 5.74) is 2.78. The number of hydrogen-bond acceptors (Lipinski definition) is 6. The van der Waals surface area contributed by atoms with Crippen molar-refractivity contribution in [1.29, 1.82) is 0 Å². The van der Waals surface area contributed by atoms with Gasteiger partial charge in [0.2, 0.25) is 5.95 Å². The number of benzene rings is 1. The molecular formula is C19H19FN6O2. The summed E-state index contributed by atoms with van der Waals surface area (Å²) in [7, 11) is 0. The highest BCUT2D eigenvalue weighted by molar-refractivity contribution is 6.01. The van der Waals surface area contributed by atoms with Crippen molar-refractivity contribution in [2.75, 3.05) is 17.2 Å². The maximum absolute atomic E-state index is 13.4. The van der Waals surface area contributed by atoms with Crippen molar-refractivity contribution in [2.45, 2.75) is 26.0 Å². The number of nitrogens with zero attached hydrogens (tertiary/aromatic N) is 3. The van der Waals surface area contributed by atoms with Crippen LogP contribution in [0.5, 0.6) is 0 Å². The zero-order chi connectivity index (χ0) is 19.3. The Hall–Kier alpha value is -3.33. The smallest absolute Gasteiger partial charge is 0.276 e. The van der Waals surface area contributed by atoms with Gasteiger partial charge in [0.1, 0.15) is 17.3 Å². The van der Waals surface area contributed by atoms with Crippen LogP contribution >= 0.6 is 0 Å². The van der Waals surface area contributed by atoms with E-state index in [2.05, 4.69) is 30.6 Å². The van der Waals surface area contributed by atoms with E-state index in [0.717, 1.165) is 29.7 Å². The third kappa shape index (κ3) is 4.15. The molecule has 3 N–H and O–H groups in total. The van der Waals surface area contributed by atoms with Crippen LogP contribution < -0.4 is 10.6 Å². The molecule has 3 aromatic rings. The topological polar surface area (TPSA) is 105 Å². The van der Waals surface area contributed by atoms with E-state index in [9.17, 15) is 9.18 Å². The highest BCUT2D eigenvalue weighted by Gasteiger charge is 2.19. The van der Waals surface area contributed by atoms with Gasteiger partial charge in [-0.1, -0.05) is 12.1 Å². The first-order chi connectivity index (χ1) is 13.7. The largest absolute Gasteiger partial charge is 0.375 e. The second-order valence-corrected chi connectivity index (χ2v) is 6.38. The minimum absolute atomic E-state index is 0.172. The first-order valence-electron chi connectivity index (χ1n) is 8.94. The van der Waals surface area contributed by atoms with Crippen molar-refractivity contribution in [3.63, 3.8) is 0 Å². The lowest BCUT2D eigenvalue weighted by atomic mass is 10.1. The monoisotopic (exact) mass is 382 g/mol. The average molecular weight is 382 g/mol. The van der Waals surface area contributed by atoms with Gasteiger partial charge in [0.15, 0.2) is 0 Å². The summed E-state index contributed by atoms with van der Waals surface area (Å²) < 4.78 is 19.0. The van der Waals surface area contributed by atoms with Crippen LogP contribution in [0, 0.1) is 5.82 Å². The number of carbonyl (C=O) groups is 1. The quantitative estimate of drug-likeness (QED) is 0.627. The summed E-state index contributed by atoms with van der Waals surface area (Å²) in [4.78, 5) is 27.8. The lowest BCUT2D eigenvalue weighted by Gasteiger charge is -2.15. The Morgan fingerprint density at radius 1 is 1.32 bits per heavy atom. The number of aromatic nitrogens is 4. The number of anilines is 2. The van der Waals surface area contributed by atoms with Gasteiger partial charge in [-0.2, -0.15) is 4.98 Å². The summed E-state index contributed by atoms with van der Waals surface area (Å²) in [5.74, 6) is 0.107. The van der Waals surface area contributed by atoms with Gasteiger partial charge in [0.25, 0.3) is 5.91 Å². The molecule has 28 heavy (non-hydrogen) atoms. The lowest BCUT2D eigenvalue weighted by molar-refractivity contribution is 0.102. The van der Waals surface area contributed by atoms with E-state index < -0.39 is 0 Å². The number of hydrogen-bond donors (Lipinski definition) is 3. The molecule has 0 unspecified atom stereocenters. The van der Waals surface area contributed by atoms with Gasteiger partial charge in [-0.3, -0.25) is 10.1 Å². The Labute approximate surface area is 160 Å². The minimum atomic E-state index is -0.386. The number of aromatic amines is 1. The van der Waals surface area contributed by atoms with Crippen LogP contribution in [0.25, 0.3) is 0 Å². The van der Waals surface area contributed by atoms with Crippen LogP contribution in [-0.4, -0.2) is 32.4 Å². The number of carbonyl (C=O) groups excluding carboxylic acids is 1. The van der Waals surface area contributed by atoms with Crippen molar-refractivity contribution in [3.05, 3.63) is 65.1 Å². The van der Waals surface area contributed by atoms with E-state index in [4.69, 9.17) is 4.74 Å². The average Bonchev–Trinajstić information content (AvgIpc) is 3.12. The summed E-state index contributed by atoms with van der Waals surface area (Å²) in [6.07, 6.45) is 4.46. The van der Waals surface area contributed by atoms with Gasteiger partial charge in [-0.05, 0) is 30.5 Å². The third-order valence-corrected chi connectivity index (χ3v) is 4.36. The number of ether oxygens (including phenoxy) is 1. The number of fused-ring (bicyclic) bond motifs is 1. The molecule has 0 bridgehead atoms. The SMILES string of the molecule is O=C(Nc1nc2c(c(NCc3cccc(F)c3)n1)CCCOC2)c1cnc[nH]1. The highest BCUT2D eigenvalue weighted by Crippen LogP contribution is 2.24. The molecule has 144 valence electrons. The molecule has 1 aliphatic heterocycles. The van der Waals surface area contributed by atoms with Crippen molar-refractivity contribution >= 4 is 17.7 Å². The molecule has 0 fully saturated rings. The Morgan fingerprint density at radius 2 is 2.25 bits per heavy atom. The van der Waals surface area contributed by atoms with Crippen molar-refractivity contribution < 1.29 is 13.9 Å². The summed E-state index contributed by atoms with van der Waals surface area (Å²) in [6, 6.07) is 6.37. The fourth-order valence-corrected chi connectivity index (χ4v) is 3.02. The highest BCUT2D eigenvalue weighted by atomic mass is 19.1. The first kappa shape index (κ1) is 18.1. The van der Waals surface area contributed by atoms with Gasteiger partial charge in [0.05, 0.1) is 24.8 Å². The number of imidazole rings is 1. The number of halogens is 1. The summed E-state index contributed by atoms with van der Waals surface area (Å²) >= 11 is 0. The minimum Gasteiger partial charge on any atom is -0.375 e. The van der Waals surface area contributed by atoms with Gasteiger partial charge in [-0.15, -0.1) is 0 Å². The maximum Gasteiger partial charge on any atom is 0.276 e. The van der Waals surface area contributed by atoms with Crippen LogP contribution in [-0.2, 0) is 24.3 Å². The third-order valence-electron chi connectivity index (χ3n) is 4.36. The maximum atomic E-state index is 13.4. The van der Waals surface area contributed by atoms with Crippen LogP contribution in [0.4, 0.5) is 16.2 Å². The fourth-order valence-electron chi connectivity index (χ4n) is 3.02. The Balaban J connectivity index is 1.60. The molecule has 0 radical (unpaired) electrons. The number of rotatable bonds is 5. The first-order valence-corrected chi connectivity index (χ1v) is 8.94. The van der Waals surface area contributed by atoms with E-state index in [1.165, 1.54) is 24.7 Å². The van der Waals surface area contributed by atoms with Crippen molar-refractivity contribution in [1.82, 2.24) is 19.9 Å². The molecular weight excluding hydrogens is 363 g/mol. The molecule has 0 saturated carbocycles. The van der Waals surface area contributed by atoms with E-state index in [1.54, 1.807) is 6.07 Å².